The van der Waals surface area contributed by atoms with Crippen LogP contribution in [0.25, 0.3) is 10.9 Å². The van der Waals surface area contributed by atoms with Crippen LogP contribution in [0.2, 0.25) is 0 Å². The van der Waals surface area contributed by atoms with Crippen molar-refractivity contribution in [1.29, 1.82) is 0 Å². The summed E-state index contributed by atoms with van der Waals surface area (Å²) in [7, 11) is 0. The summed E-state index contributed by atoms with van der Waals surface area (Å²) >= 11 is 2.01. The van der Waals surface area contributed by atoms with Crippen LogP contribution in [-0.4, -0.2) is 14.5 Å². The highest BCUT2D eigenvalue weighted by molar-refractivity contribution is 14.1. The molecule has 0 spiro atoms. The van der Waals surface area contributed by atoms with Crippen molar-refractivity contribution in [1.82, 2.24) is 14.5 Å². The van der Waals surface area contributed by atoms with Gasteiger partial charge in [-0.25, -0.2) is 4.98 Å². The fourth-order valence-corrected chi connectivity index (χ4v) is 2.72. The standard InChI is InChI=1S/C15H12IN3O/c1-10-6-11(12-4-2-3-5-14(12)18-10)8-19-9-17-7-13(16)15(19)20/h2-7,9H,8H2,1H3. The van der Waals surface area contributed by atoms with Crippen LogP contribution >= 0.6 is 22.6 Å². The van der Waals surface area contributed by atoms with E-state index in [1.165, 1.54) is 0 Å². The van der Waals surface area contributed by atoms with E-state index in [0.717, 1.165) is 22.2 Å². The smallest absolute Gasteiger partial charge is 0.267 e. The molecule has 0 aliphatic rings. The van der Waals surface area contributed by atoms with Gasteiger partial charge >= 0.3 is 0 Å². The molecule has 20 heavy (non-hydrogen) atoms. The molecule has 0 radical (unpaired) electrons. The SMILES string of the molecule is Cc1cc(Cn2cncc(I)c2=O)c2ccccc2n1. The number of hydrogen-bond acceptors (Lipinski definition) is 3. The lowest BCUT2D eigenvalue weighted by Gasteiger charge is -2.09. The molecule has 0 fully saturated rings. The molecule has 0 aliphatic carbocycles. The number of hydrogen-bond donors (Lipinski definition) is 0. The monoisotopic (exact) mass is 377 g/mol. The minimum Gasteiger partial charge on any atom is -0.294 e. The van der Waals surface area contributed by atoms with Crippen LogP contribution in [0.5, 0.6) is 0 Å². The van der Waals surface area contributed by atoms with Crippen molar-refractivity contribution >= 4 is 33.5 Å². The Hall–Kier alpha value is -1.76. The van der Waals surface area contributed by atoms with E-state index in [0.29, 0.717) is 10.1 Å². The van der Waals surface area contributed by atoms with Crippen molar-refractivity contribution in [2.75, 3.05) is 0 Å². The lowest BCUT2D eigenvalue weighted by atomic mass is 10.1. The Morgan fingerprint density at radius 1 is 1.30 bits per heavy atom. The molecule has 0 atom stereocenters. The number of pyridine rings is 1. The molecule has 0 saturated carbocycles. The van der Waals surface area contributed by atoms with Gasteiger partial charge < -0.3 is 0 Å². The molecule has 100 valence electrons. The maximum absolute atomic E-state index is 12.1. The number of aryl methyl sites for hydroxylation is 1. The van der Waals surface area contributed by atoms with Gasteiger partial charge in [-0.2, -0.15) is 0 Å². The van der Waals surface area contributed by atoms with Gasteiger partial charge in [-0.05, 0) is 47.2 Å². The zero-order chi connectivity index (χ0) is 14.1. The van der Waals surface area contributed by atoms with Crippen LogP contribution in [0.4, 0.5) is 0 Å². The number of benzene rings is 1. The Balaban J connectivity index is 2.15. The van der Waals surface area contributed by atoms with E-state index in [9.17, 15) is 4.79 Å². The van der Waals surface area contributed by atoms with Crippen molar-refractivity contribution in [3.63, 3.8) is 0 Å². The Kier molecular flexibility index (Phi) is 3.52. The summed E-state index contributed by atoms with van der Waals surface area (Å²) in [6.07, 6.45) is 3.16. The van der Waals surface area contributed by atoms with Gasteiger partial charge in [0, 0.05) is 17.3 Å². The van der Waals surface area contributed by atoms with Crippen LogP contribution in [0, 0.1) is 10.5 Å². The minimum absolute atomic E-state index is 0.0147. The molecule has 1 aromatic carbocycles. The van der Waals surface area contributed by atoms with Crippen LogP contribution in [-0.2, 0) is 6.54 Å². The third kappa shape index (κ3) is 2.45. The Labute approximate surface area is 129 Å². The predicted molar refractivity (Wildman–Crippen MR) is 86.8 cm³/mol. The van der Waals surface area contributed by atoms with E-state index in [4.69, 9.17) is 0 Å². The average Bonchev–Trinajstić information content (AvgIpc) is 2.43. The minimum atomic E-state index is -0.0147. The van der Waals surface area contributed by atoms with Crippen molar-refractivity contribution in [3.05, 3.63) is 68.0 Å². The highest BCUT2D eigenvalue weighted by atomic mass is 127. The first-order valence-corrected chi connectivity index (χ1v) is 7.28. The summed E-state index contributed by atoms with van der Waals surface area (Å²) in [5, 5.41) is 1.07. The van der Waals surface area contributed by atoms with E-state index in [1.54, 1.807) is 17.1 Å². The van der Waals surface area contributed by atoms with E-state index >= 15 is 0 Å². The molecule has 0 saturated heterocycles. The van der Waals surface area contributed by atoms with Gasteiger partial charge in [0.1, 0.15) is 0 Å². The van der Waals surface area contributed by atoms with Crippen LogP contribution in [0.15, 0.2) is 47.7 Å². The normalized spacial score (nSPS) is 10.9. The fraction of sp³-hybridized carbons (Fsp3) is 0.133. The van der Waals surface area contributed by atoms with Gasteiger partial charge in [-0.1, -0.05) is 18.2 Å². The van der Waals surface area contributed by atoms with Gasteiger partial charge in [-0.3, -0.25) is 14.3 Å². The maximum Gasteiger partial charge on any atom is 0.267 e. The summed E-state index contributed by atoms with van der Waals surface area (Å²) in [4.78, 5) is 20.7. The van der Waals surface area contributed by atoms with Gasteiger partial charge in [0.2, 0.25) is 0 Å². The van der Waals surface area contributed by atoms with Gasteiger partial charge in [0.05, 0.1) is 22.0 Å². The van der Waals surface area contributed by atoms with Crippen molar-refractivity contribution < 1.29 is 0 Å². The second-order valence-corrected chi connectivity index (χ2v) is 5.78. The number of aromatic nitrogens is 3. The summed E-state index contributed by atoms with van der Waals surface area (Å²) < 4.78 is 2.25. The molecule has 5 heteroatoms. The quantitative estimate of drug-likeness (QED) is 0.646. The van der Waals surface area contributed by atoms with E-state index in [1.807, 2.05) is 59.8 Å². The Bertz CT molecular complexity index is 842. The van der Waals surface area contributed by atoms with Gasteiger partial charge in [0.15, 0.2) is 0 Å². The van der Waals surface area contributed by atoms with E-state index in [-0.39, 0.29) is 5.56 Å². The molecule has 3 rings (SSSR count). The Morgan fingerprint density at radius 3 is 2.95 bits per heavy atom. The molecule has 4 nitrogen and oxygen atoms in total. The average molecular weight is 377 g/mol. The second kappa shape index (κ2) is 5.32. The molecule has 2 aromatic heterocycles. The fourth-order valence-electron chi connectivity index (χ4n) is 2.25. The predicted octanol–water partition coefficient (Wildman–Crippen LogP) is 2.75. The first-order valence-electron chi connectivity index (χ1n) is 6.20. The highest BCUT2D eigenvalue weighted by Crippen LogP contribution is 2.18. The molecule has 0 unspecified atom stereocenters. The number of halogens is 1. The number of fused-ring (bicyclic) bond motifs is 1. The molecular formula is C15H12IN3O. The van der Waals surface area contributed by atoms with Crippen LogP contribution in [0.1, 0.15) is 11.3 Å². The lowest BCUT2D eigenvalue weighted by Crippen LogP contribution is -2.23. The van der Waals surface area contributed by atoms with E-state index < -0.39 is 0 Å². The Morgan fingerprint density at radius 2 is 2.10 bits per heavy atom. The highest BCUT2D eigenvalue weighted by Gasteiger charge is 2.07. The lowest BCUT2D eigenvalue weighted by molar-refractivity contribution is 0.733. The number of nitrogens with zero attached hydrogens (tertiary/aromatic N) is 3. The van der Waals surface area contributed by atoms with Gasteiger partial charge in [-0.15, -0.1) is 0 Å². The maximum atomic E-state index is 12.1. The van der Waals surface area contributed by atoms with Gasteiger partial charge in [0.25, 0.3) is 5.56 Å². The number of rotatable bonds is 2. The first kappa shape index (κ1) is 13.2. The van der Waals surface area contributed by atoms with Crippen molar-refractivity contribution in [2.45, 2.75) is 13.5 Å². The zero-order valence-corrected chi connectivity index (χ0v) is 13.0. The first-order chi connectivity index (χ1) is 9.65. The summed E-state index contributed by atoms with van der Waals surface area (Å²) in [6, 6.07) is 10.00. The van der Waals surface area contributed by atoms with E-state index in [2.05, 4.69) is 9.97 Å². The summed E-state index contributed by atoms with van der Waals surface area (Å²) in [5.41, 5.74) is 2.97. The molecule has 3 aromatic rings. The summed E-state index contributed by atoms with van der Waals surface area (Å²) in [5.74, 6) is 0. The zero-order valence-electron chi connectivity index (χ0n) is 10.9. The molecular weight excluding hydrogens is 365 g/mol. The topological polar surface area (TPSA) is 47.8 Å². The largest absolute Gasteiger partial charge is 0.294 e. The van der Waals surface area contributed by atoms with Crippen LogP contribution in [0.3, 0.4) is 0 Å². The number of para-hydroxylation sites is 1. The van der Waals surface area contributed by atoms with Crippen LogP contribution < -0.4 is 5.56 Å². The van der Waals surface area contributed by atoms with Crippen molar-refractivity contribution in [3.8, 4) is 0 Å². The van der Waals surface area contributed by atoms with Crippen molar-refractivity contribution in [2.24, 2.45) is 0 Å². The molecule has 0 aliphatic heterocycles. The third-order valence-electron chi connectivity index (χ3n) is 3.13. The molecule has 0 bridgehead atoms. The summed E-state index contributed by atoms with van der Waals surface area (Å²) in [6.45, 7) is 2.47. The molecule has 0 N–H and O–H groups in total. The molecule has 2 heterocycles. The second-order valence-electron chi connectivity index (χ2n) is 4.61. The molecule has 0 amide bonds. The third-order valence-corrected chi connectivity index (χ3v) is 3.87.